The van der Waals surface area contributed by atoms with Crippen molar-refractivity contribution in [3.8, 4) is 5.82 Å². The van der Waals surface area contributed by atoms with Crippen LogP contribution in [0.1, 0.15) is 17.0 Å². The number of urea groups is 1. The summed E-state index contributed by atoms with van der Waals surface area (Å²) in [7, 11) is 0. The third-order valence-corrected chi connectivity index (χ3v) is 4.11. The van der Waals surface area contributed by atoms with E-state index in [0.29, 0.717) is 36.0 Å². The van der Waals surface area contributed by atoms with Gasteiger partial charge in [-0.3, -0.25) is 0 Å². The van der Waals surface area contributed by atoms with E-state index < -0.39 is 6.03 Å². The fourth-order valence-electron chi connectivity index (χ4n) is 2.70. The van der Waals surface area contributed by atoms with Crippen molar-refractivity contribution in [2.75, 3.05) is 23.7 Å². The molecule has 3 aromatic rings. The first-order valence-electron chi connectivity index (χ1n) is 8.83. The van der Waals surface area contributed by atoms with Crippen molar-refractivity contribution in [3.63, 3.8) is 0 Å². The quantitative estimate of drug-likeness (QED) is 0.569. The third kappa shape index (κ3) is 4.61. The molecule has 0 atom stereocenters. The highest BCUT2D eigenvalue weighted by Crippen LogP contribution is 2.17. The molecule has 2 amide bonds. The van der Waals surface area contributed by atoms with Crippen LogP contribution < -0.4 is 16.0 Å². The Kier molecular flexibility index (Phi) is 5.83. The van der Waals surface area contributed by atoms with Gasteiger partial charge < -0.3 is 16.0 Å². The lowest BCUT2D eigenvalue weighted by molar-refractivity contribution is 0.252. The van der Waals surface area contributed by atoms with Crippen LogP contribution in [0.5, 0.6) is 0 Å². The van der Waals surface area contributed by atoms with E-state index >= 15 is 0 Å². The first-order chi connectivity index (χ1) is 13.4. The fourth-order valence-corrected chi connectivity index (χ4v) is 2.70. The molecule has 1 aromatic carbocycles. The molecule has 0 bridgehead atoms. The minimum atomic E-state index is -0.401. The number of aryl methyl sites for hydroxylation is 2. The lowest BCUT2D eigenvalue weighted by atomic mass is 10.2. The highest BCUT2D eigenvalue weighted by atomic mass is 19.1. The second kappa shape index (κ2) is 8.47. The second-order valence-electron chi connectivity index (χ2n) is 6.32. The van der Waals surface area contributed by atoms with Crippen molar-refractivity contribution in [1.82, 2.24) is 25.1 Å². The summed E-state index contributed by atoms with van der Waals surface area (Å²) in [5.41, 5.74) is 2.73. The molecule has 0 spiro atoms. The molecular formula is C19H22FN7O. The van der Waals surface area contributed by atoms with Gasteiger partial charge in [-0.2, -0.15) is 5.10 Å². The lowest BCUT2D eigenvalue weighted by Crippen LogP contribution is -2.33. The van der Waals surface area contributed by atoms with Crippen molar-refractivity contribution < 1.29 is 9.18 Å². The Morgan fingerprint density at radius 1 is 1.14 bits per heavy atom. The first-order valence-corrected chi connectivity index (χ1v) is 8.83. The van der Waals surface area contributed by atoms with Crippen LogP contribution in [0.4, 0.5) is 20.7 Å². The van der Waals surface area contributed by atoms with Gasteiger partial charge in [0.2, 0.25) is 0 Å². The van der Waals surface area contributed by atoms with Crippen molar-refractivity contribution >= 4 is 17.5 Å². The van der Waals surface area contributed by atoms with E-state index in [1.807, 2.05) is 19.9 Å². The zero-order valence-corrected chi connectivity index (χ0v) is 16.0. The Balaban J connectivity index is 1.50. The van der Waals surface area contributed by atoms with Gasteiger partial charge >= 0.3 is 6.03 Å². The molecule has 28 heavy (non-hydrogen) atoms. The van der Waals surface area contributed by atoms with E-state index in [1.54, 1.807) is 29.8 Å². The van der Waals surface area contributed by atoms with Gasteiger partial charge in [-0.05, 0) is 39.0 Å². The largest absolute Gasteiger partial charge is 0.368 e. The van der Waals surface area contributed by atoms with Crippen molar-refractivity contribution in [1.29, 1.82) is 0 Å². The number of benzene rings is 1. The third-order valence-electron chi connectivity index (χ3n) is 4.11. The number of amides is 2. The van der Waals surface area contributed by atoms with E-state index in [2.05, 4.69) is 31.0 Å². The number of hydrogen-bond donors (Lipinski definition) is 3. The highest BCUT2D eigenvalue weighted by Gasteiger charge is 2.08. The monoisotopic (exact) mass is 383 g/mol. The van der Waals surface area contributed by atoms with Crippen LogP contribution in [0.3, 0.4) is 0 Å². The van der Waals surface area contributed by atoms with Crippen LogP contribution >= 0.6 is 0 Å². The number of anilines is 2. The molecule has 2 aromatic heterocycles. The average Bonchev–Trinajstić information content (AvgIpc) is 3.01. The highest BCUT2D eigenvalue weighted by molar-refractivity contribution is 5.90. The molecule has 0 aliphatic heterocycles. The molecule has 3 N–H and O–H groups in total. The topological polar surface area (TPSA) is 96.8 Å². The molecule has 0 radical (unpaired) electrons. The van der Waals surface area contributed by atoms with E-state index in [4.69, 9.17) is 0 Å². The molecule has 0 saturated heterocycles. The molecular weight excluding hydrogens is 361 g/mol. The Morgan fingerprint density at radius 3 is 2.71 bits per heavy atom. The van der Waals surface area contributed by atoms with Gasteiger partial charge in [0.25, 0.3) is 0 Å². The van der Waals surface area contributed by atoms with E-state index in [9.17, 15) is 9.18 Å². The number of hydrogen-bond acceptors (Lipinski definition) is 5. The summed E-state index contributed by atoms with van der Waals surface area (Å²) in [6.07, 6.45) is 1.46. The molecule has 9 heteroatoms. The van der Waals surface area contributed by atoms with Gasteiger partial charge in [0.15, 0.2) is 5.82 Å². The average molecular weight is 383 g/mol. The summed E-state index contributed by atoms with van der Waals surface area (Å²) in [4.78, 5) is 20.4. The van der Waals surface area contributed by atoms with Gasteiger partial charge in [0, 0.05) is 36.1 Å². The van der Waals surface area contributed by atoms with E-state index in [1.165, 1.54) is 12.4 Å². The molecule has 0 aliphatic rings. The number of carbonyl (C=O) groups excluding carboxylic acids is 1. The summed E-state index contributed by atoms with van der Waals surface area (Å²) in [5, 5.41) is 12.9. The van der Waals surface area contributed by atoms with Crippen molar-refractivity contribution in [2.45, 2.75) is 20.8 Å². The molecule has 146 valence electrons. The fraction of sp³-hybridized carbons (Fsp3) is 0.263. The van der Waals surface area contributed by atoms with Crippen molar-refractivity contribution in [2.24, 2.45) is 0 Å². The van der Waals surface area contributed by atoms with Crippen LogP contribution in [0.15, 0.2) is 36.7 Å². The van der Waals surface area contributed by atoms with Gasteiger partial charge in [0.05, 0.1) is 5.69 Å². The molecule has 0 unspecified atom stereocenters. The lowest BCUT2D eigenvalue weighted by Gasteiger charge is -2.11. The number of aromatic nitrogens is 4. The maximum absolute atomic E-state index is 13.5. The zero-order valence-electron chi connectivity index (χ0n) is 16.0. The van der Waals surface area contributed by atoms with E-state index in [0.717, 1.165) is 11.4 Å². The number of rotatable bonds is 6. The predicted molar refractivity (Wildman–Crippen MR) is 105 cm³/mol. The summed E-state index contributed by atoms with van der Waals surface area (Å²) in [5.74, 6) is 0.928. The van der Waals surface area contributed by atoms with Crippen molar-refractivity contribution in [3.05, 3.63) is 59.4 Å². The minimum Gasteiger partial charge on any atom is -0.368 e. The summed E-state index contributed by atoms with van der Waals surface area (Å²) < 4.78 is 15.3. The smallest absolute Gasteiger partial charge is 0.319 e. The molecule has 0 saturated carbocycles. The Bertz CT molecular complexity index is 986. The number of nitrogens with one attached hydrogen (secondary N) is 3. The predicted octanol–water partition coefficient (Wildman–Crippen LogP) is 2.96. The normalized spacial score (nSPS) is 10.6. The van der Waals surface area contributed by atoms with Gasteiger partial charge in [-0.25, -0.2) is 23.8 Å². The molecule has 0 fully saturated rings. The molecule has 2 heterocycles. The standard InChI is InChI=1S/C19H22FN7O/c1-12-9-13(2)27(26-12)18-10-17(23-11-24-18)21-7-8-22-19(28)25-16-6-4-5-15(20)14(16)3/h4-6,9-11H,7-8H2,1-3H3,(H,21,23,24)(H2,22,25,28). The SMILES string of the molecule is Cc1cc(C)n(-c2cc(NCCNC(=O)Nc3cccc(F)c3C)ncn2)n1. The zero-order chi connectivity index (χ0) is 20.1. The maximum Gasteiger partial charge on any atom is 0.319 e. The van der Waals surface area contributed by atoms with Crippen LogP contribution in [-0.4, -0.2) is 38.9 Å². The molecule has 8 nitrogen and oxygen atoms in total. The van der Waals surface area contributed by atoms with Crippen LogP contribution in [0, 0.1) is 26.6 Å². The molecule has 0 aliphatic carbocycles. The first kappa shape index (κ1) is 19.3. The Hall–Kier alpha value is -3.49. The van der Waals surface area contributed by atoms with Crippen LogP contribution in [-0.2, 0) is 0 Å². The van der Waals surface area contributed by atoms with Crippen LogP contribution in [0.25, 0.3) is 5.82 Å². The number of carbonyl (C=O) groups is 1. The minimum absolute atomic E-state index is 0.360. The van der Waals surface area contributed by atoms with Gasteiger partial charge in [-0.1, -0.05) is 6.07 Å². The molecule has 3 rings (SSSR count). The summed E-state index contributed by atoms with van der Waals surface area (Å²) >= 11 is 0. The number of nitrogens with zero attached hydrogens (tertiary/aromatic N) is 4. The summed E-state index contributed by atoms with van der Waals surface area (Å²) in [6, 6.07) is 7.91. The maximum atomic E-state index is 13.5. The van der Waals surface area contributed by atoms with Gasteiger partial charge in [-0.15, -0.1) is 0 Å². The number of halogens is 1. The Labute approximate surface area is 162 Å². The Morgan fingerprint density at radius 2 is 1.96 bits per heavy atom. The van der Waals surface area contributed by atoms with Gasteiger partial charge in [0.1, 0.15) is 18.0 Å². The van der Waals surface area contributed by atoms with E-state index in [-0.39, 0.29) is 5.82 Å². The summed E-state index contributed by atoms with van der Waals surface area (Å²) in [6.45, 7) is 6.31. The second-order valence-corrected chi connectivity index (χ2v) is 6.32. The van der Waals surface area contributed by atoms with Crippen LogP contribution in [0.2, 0.25) is 0 Å².